The van der Waals surface area contributed by atoms with Crippen molar-refractivity contribution >= 4 is 23.5 Å². The highest BCUT2D eigenvalue weighted by atomic mass is 35.5. The third kappa shape index (κ3) is 2.49. The predicted octanol–water partition coefficient (Wildman–Crippen LogP) is 2.08. The molecule has 0 radical (unpaired) electrons. The maximum Gasteiger partial charge on any atom is 0.325 e. The highest BCUT2D eigenvalue weighted by Crippen LogP contribution is 2.29. The molecule has 7 heteroatoms. The lowest BCUT2D eigenvalue weighted by atomic mass is 9.90. The number of urea groups is 1. The minimum atomic E-state index is -0.848. The van der Waals surface area contributed by atoms with E-state index in [0.717, 1.165) is 4.90 Å². The maximum absolute atomic E-state index is 13.1. The standard InChI is InChI=1S/C14H14ClFN2O3/c15-10-7-9(1-2-11(10)16)8-18-12(19)14(17-13(18)20)3-5-21-6-4-14/h1-2,7H,3-6,8H2,(H,17,20). The van der Waals surface area contributed by atoms with Gasteiger partial charge in [-0.3, -0.25) is 9.69 Å². The second-order valence-corrected chi connectivity index (χ2v) is 5.67. The first kappa shape index (κ1) is 14.3. The Morgan fingerprint density at radius 2 is 2.05 bits per heavy atom. The number of halogens is 2. The molecule has 2 heterocycles. The van der Waals surface area contributed by atoms with Crippen LogP contribution in [0.25, 0.3) is 0 Å². The summed E-state index contributed by atoms with van der Waals surface area (Å²) in [5.41, 5.74) is -0.242. The lowest BCUT2D eigenvalue weighted by molar-refractivity contribution is -0.134. The average Bonchev–Trinajstić information content (AvgIpc) is 2.68. The van der Waals surface area contributed by atoms with E-state index in [1.54, 1.807) is 0 Å². The van der Waals surface area contributed by atoms with Gasteiger partial charge in [0.05, 0.1) is 11.6 Å². The Morgan fingerprint density at radius 1 is 1.33 bits per heavy atom. The first-order valence-corrected chi connectivity index (χ1v) is 7.05. The predicted molar refractivity (Wildman–Crippen MR) is 73.3 cm³/mol. The molecule has 0 atom stereocenters. The summed E-state index contributed by atoms with van der Waals surface area (Å²) < 4.78 is 18.4. The summed E-state index contributed by atoms with van der Waals surface area (Å²) in [4.78, 5) is 25.7. The minimum absolute atomic E-state index is 0.0275. The van der Waals surface area contributed by atoms with Crippen molar-refractivity contribution in [1.82, 2.24) is 10.2 Å². The molecule has 0 aliphatic carbocycles. The van der Waals surface area contributed by atoms with Crippen molar-refractivity contribution in [1.29, 1.82) is 0 Å². The van der Waals surface area contributed by atoms with Gasteiger partial charge in [0.15, 0.2) is 0 Å². The van der Waals surface area contributed by atoms with Crippen LogP contribution in [0.15, 0.2) is 18.2 Å². The first-order valence-electron chi connectivity index (χ1n) is 6.68. The number of amides is 3. The number of ether oxygens (including phenoxy) is 1. The Morgan fingerprint density at radius 3 is 2.71 bits per heavy atom. The summed E-state index contributed by atoms with van der Waals surface area (Å²) >= 11 is 5.72. The van der Waals surface area contributed by atoms with E-state index in [0.29, 0.717) is 31.6 Å². The van der Waals surface area contributed by atoms with Crippen molar-refractivity contribution in [2.45, 2.75) is 24.9 Å². The fourth-order valence-corrected chi connectivity index (χ4v) is 2.90. The monoisotopic (exact) mass is 312 g/mol. The van der Waals surface area contributed by atoms with Crippen LogP contribution in [0.5, 0.6) is 0 Å². The Labute approximate surface area is 126 Å². The van der Waals surface area contributed by atoms with Gasteiger partial charge >= 0.3 is 6.03 Å². The summed E-state index contributed by atoms with van der Waals surface area (Å²) in [7, 11) is 0. The van der Waals surface area contributed by atoms with E-state index in [-0.39, 0.29) is 17.5 Å². The number of hydrogen-bond acceptors (Lipinski definition) is 3. The SMILES string of the molecule is O=C1NC2(CCOCC2)C(=O)N1Cc1ccc(F)c(Cl)c1. The number of carbonyl (C=O) groups is 2. The Bertz CT molecular complexity index is 602. The van der Waals surface area contributed by atoms with E-state index in [1.807, 2.05) is 0 Å². The second kappa shape index (κ2) is 5.27. The molecule has 3 amide bonds. The molecule has 0 unspecified atom stereocenters. The Kier molecular flexibility index (Phi) is 3.59. The highest BCUT2D eigenvalue weighted by molar-refractivity contribution is 6.30. The molecule has 1 aromatic carbocycles. The smallest absolute Gasteiger partial charge is 0.325 e. The summed E-state index contributed by atoms with van der Waals surface area (Å²) in [5, 5.41) is 2.74. The average molecular weight is 313 g/mol. The molecule has 21 heavy (non-hydrogen) atoms. The van der Waals surface area contributed by atoms with Crippen LogP contribution in [0.1, 0.15) is 18.4 Å². The molecule has 2 saturated heterocycles. The van der Waals surface area contributed by atoms with Crippen LogP contribution in [-0.4, -0.2) is 35.6 Å². The number of benzene rings is 1. The number of imide groups is 1. The van der Waals surface area contributed by atoms with E-state index >= 15 is 0 Å². The van der Waals surface area contributed by atoms with Gasteiger partial charge in [0.2, 0.25) is 0 Å². The first-order chi connectivity index (χ1) is 10.0. The quantitative estimate of drug-likeness (QED) is 0.851. The topological polar surface area (TPSA) is 58.6 Å². The van der Waals surface area contributed by atoms with E-state index in [1.165, 1.54) is 18.2 Å². The summed E-state index contributed by atoms with van der Waals surface area (Å²) in [5.74, 6) is -0.783. The van der Waals surface area contributed by atoms with Crippen LogP contribution in [0.4, 0.5) is 9.18 Å². The second-order valence-electron chi connectivity index (χ2n) is 5.26. The van der Waals surface area contributed by atoms with Crippen molar-refractivity contribution < 1.29 is 18.7 Å². The van der Waals surface area contributed by atoms with Gasteiger partial charge in [-0.05, 0) is 17.7 Å². The van der Waals surface area contributed by atoms with Crippen LogP contribution in [-0.2, 0) is 16.1 Å². The zero-order chi connectivity index (χ0) is 15.0. The number of rotatable bonds is 2. The van der Waals surface area contributed by atoms with Gasteiger partial charge in [-0.25, -0.2) is 9.18 Å². The fourth-order valence-electron chi connectivity index (χ4n) is 2.70. The zero-order valence-electron chi connectivity index (χ0n) is 11.2. The normalized spacial score (nSPS) is 21.0. The molecule has 3 rings (SSSR count). The summed E-state index contributed by atoms with van der Waals surface area (Å²) in [6, 6.07) is 3.73. The number of nitrogens with zero attached hydrogens (tertiary/aromatic N) is 1. The highest BCUT2D eigenvalue weighted by Gasteiger charge is 2.51. The minimum Gasteiger partial charge on any atom is -0.381 e. The van der Waals surface area contributed by atoms with E-state index in [4.69, 9.17) is 16.3 Å². The van der Waals surface area contributed by atoms with Crippen molar-refractivity contribution in [3.63, 3.8) is 0 Å². The van der Waals surface area contributed by atoms with Gasteiger partial charge in [0.25, 0.3) is 5.91 Å². The van der Waals surface area contributed by atoms with Gasteiger partial charge in [-0.15, -0.1) is 0 Å². The molecule has 0 aromatic heterocycles. The molecular weight excluding hydrogens is 299 g/mol. The van der Waals surface area contributed by atoms with E-state index < -0.39 is 17.4 Å². The van der Waals surface area contributed by atoms with Crippen LogP contribution in [0.3, 0.4) is 0 Å². The van der Waals surface area contributed by atoms with Crippen molar-refractivity contribution in [3.05, 3.63) is 34.6 Å². The molecule has 1 N–H and O–H groups in total. The van der Waals surface area contributed by atoms with Crippen LogP contribution >= 0.6 is 11.6 Å². The van der Waals surface area contributed by atoms with Crippen LogP contribution < -0.4 is 5.32 Å². The molecule has 1 spiro atoms. The molecular formula is C14H14ClFN2O3. The Hall–Kier alpha value is -1.66. The van der Waals surface area contributed by atoms with Crippen LogP contribution in [0.2, 0.25) is 5.02 Å². The third-order valence-electron chi connectivity index (χ3n) is 3.92. The summed E-state index contributed by atoms with van der Waals surface area (Å²) in [6.07, 6.45) is 0.941. The van der Waals surface area contributed by atoms with Gasteiger partial charge in [-0.2, -0.15) is 0 Å². The molecule has 2 fully saturated rings. The largest absolute Gasteiger partial charge is 0.381 e. The van der Waals surface area contributed by atoms with Gasteiger partial charge in [-0.1, -0.05) is 17.7 Å². The zero-order valence-corrected chi connectivity index (χ0v) is 12.0. The van der Waals surface area contributed by atoms with Crippen LogP contribution in [0, 0.1) is 5.82 Å². The van der Waals surface area contributed by atoms with Gasteiger partial charge in [0, 0.05) is 26.1 Å². The maximum atomic E-state index is 13.1. The molecule has 5 nitrogen and oxygen atoms in total. The molecule has 2 aliphatic heterocycles. The molecule has 1 aromatic rings. The Balaban J connectivity index is 1.80. The van der Waals surface area contributed by atoms with Gasteiger partial charge in [0.1, 0.15) is 11.4 Å². The molecule has 0 bridgehead atoms. The van der Waals surface area contributed by atoms with Crippen molar-refractivity contribution in [2.24, 2.45) is 0 Å². The molecule has 112 valence electrons. The fraction of sp³-hybridized carbons (Fsp3) is 0.429. The number of hydrogen-bond donors (Lipinski definition) is 1. The lowest BCUT2D eigenvalue weighted by Gasteiger charge is -2.30. The summed E-state index contributed by atoms with van der Waals surface area (Å²) in [6.45, 7) is 0.970. The number of carbonyl (C=O) groups excluding carboxylic acids is 2. The van der Waals surface area contributed by atoms with Crippen molar-refractivity contribution in [2.75, 3.05) is 13.2 Å². The number of nitrogens with one attached hydrogen (secondary N) is 1. The van der Waals surface area contributed by atoms with E-state index in [2.05, 4.69) is 5.32 Å². The van der Waals surface area contributed by atoms with Gasteiger partial charge < -0.3 is 10.1 Å². The van der Waals surface area contributed by atoms with Crippen molar-refractivity contribution in [3.8, 4) is 0 Å². The lowest BCUT2D eigenvalue weighted by Crippen LogP contribution is -2.51. The van der Waals surface area contributed by atoms with E-state index in [9.17, 15) is 14.0 Å². The molecule has 0 saturated carbocycles. The molecule has 2 aliphatic rings. The third-order valence-corrected chi connectivity index (χ3v) is 4.21.